The molecule has 0 radical (unpaired) electrons. The van der Waals surface area contributed by atoms with Crippen molar-refractivity contribution < 1.29 is 43.8 Å². The first kappa shape index (κ1) is 42.9. The smallest absolute Gasteiger partial charge is 0.326 e. The van der Waals surface area contributed by atoms with Gasteiger partial charge in [-0.2, -0.15) is 0 Å². The Balaban J connectivity index is 2.19. The molecule has 0 aromatic heterocycles. The molecular formula is C34H53N9O9. The largest absolute Gasteiger partial charge is 0.481 e. The van der Waals surface area contributed by atoms with Gasteiger partial charge in [0.2, 0.25) is 29.5 Å². The van der Waals surface area contributed by atoms with Crippen LogP contribution in [-0.4, -0.2) is 107 Å². The number of rotatable bonds is 22. The maximum atomic E-state index is 13.6. The highest BCUT2D eigenvalue weighted by Crippen LogP contribution is 2.11. The molecule has 1 aromatic carbocycles. The fourth-order valence-electron chi connectivity index (χ4n) is 5.46. The second-order valence-electron chi connectivity index (χ2n) is 13.2. The topological polar surface area (TPSA) is 297 Å². The highest BCUT2D eigenvalue weighted by molar-refractivity contribution is 5.96. The van der Waals surface area contributed by atoms with Gasteiger partial charge in [-0.25, -0.2) is 4.79 Å². The number of carbonyl (C=O) groups is 7. The first-order valence-electron chi connectivity index (χ1n) is 17.4. The highest BCUT2D eigenvalue weighted by Gasteiger charge is 2.33. The lowest BCUT2D eigenvalue weighted by molar-refractivity contribution is -0.143. The van der Waals surface area contributed by atoms with Gasteiger partial charge in [0.1, 0.15) is 30.2 Å². The van der Waals surface area contributed by atoms with Crippen molar-refractivity contribution in [1.29, 1.82) is 0 Å². The van der Waals surface area contributed by atoms with Gasteiger partial charge in [0.05, 0.1) is 6.04 Å². The predicted octanol–water partition coefficient (Wildman–Crippen LogP) is -1.53. The van der Waals surface area contributed by atoms with E-state index in [1.54, 1.807) is 30.3 Å². The molecule has 5 amide bonds. The average molecular weight is 732 g/mol. The van der Waals surface area contributed by atoms with Gasteiger partial charge < -0.3 is 53.6 Å². The van der Waals surface area contributed by atoms with Crippen LogP contribution in [0, 0.1) is 5.92 Å². The number of aliphatic imine (C=N–C) groups is 1. The number of carbonyl (C=O) groups excluding carboxylic acids is 5. The van der Waals surface area contributed by atoms with Crippen LogP contribution in [0.2, 0.25) is 0 Å². The first-order chi connectivity index (χ1) is 24.6. The number of amides is 5. The zero-order chi connectivity index (χ0) is 38.8. The Kier molecular flexibility index (Phi) is 18.0. The number of aliphatic carboxylic acids is 2. The van der Waals surface area contributed by atoms with Crippen LogP contribution in [0.25, 0.3) is 0 Å². The summed E-state index contributed by atoms with van der Waals surface area (Å²) in [5, 5.41) is 34.7. The summed E-state index contributed by atoms with van der Waals surface area (Å²) in [5.41, 5.74) is 11.3. The number of carboxylic acid groups (broad SMARTS) is 2. The van der Waals surface area contributed by atoms with E-state index < -0.39 is 78.2 Å². The van der Waals surface area contributed by atoms with Gasteiger partial charge in [0, 0.05) is 19.4 Å². The Morgan fingerprint density at radius 3 is 2.00 bits per heavy atom. The van der Waals surface area contributed by atoms with Crippen LogP contribution in [0.5, 0.6) is 0 Å². The summed E-state index contributed by atoms with van der Waals surface area (Å²) in [6.45, 7) is 5.93. The van der Waals surface area contributed by atoms with Crippen LogP contribution in [0.15, 0.2) is 35.3 Å². The van der Waals surface area contributed by atoms with E-state index >= 15 is 0 Å². The van der Waals surface area contributed by atoms with Gasteiger partial charge in [0.15, 0.2) is 5.96 Å². The number of hydrogen-bond acceptors (Lipinski definition) is 9. The SMILES string of the molecule is CC(C)C[C@H](NC(=O)[C@@H]1CCCN1)C(=O)N[C@@H](Cc1ccccc1)C(=O)N[C@@H](C)C(=O)N[C@@H](CCC(=O)O)C(=O)N[C@@H](CCCN=C(N)N)C(=O)O. The summed E-state index contributed by atoms with van der Waals surface area (Å²) >= 11 is 0. The van der Waals surface area contributed by atoms with E-state index in [9.17, 15) is 43.8 Å². The molecule has 1 aromatic rings. The van der Waals surface area contributed by atoms with Gasteiger partial charge in [-0.3, -0.25) is 33.8 Å². The molecule has 0 saturated carbocycles. The number of guanidine groups is 1. The second kappa shape index (κ2) is 21.8. The number of carboxylic acids is 2. The fourth-order valence-corrected chi connectivity index (χ4v) is 5.46. The molecule has 12 N–H and O–H groups in total. The van der Waals surface area contributed by atoms with E-state index in [-0.39, 0.29) is 50.0 Å². The Hall–Kier alpha value is -5.26. The van der Waals surface area contributed by atoms with Crippen molar-refractivity contribution in [3.63, 3.8) is 0 Å². The normalized spacial score (nSPS) is 16.7. The van der Waals surface area contributed by atoms with Crippen molar-refractivity contribution in [1.82, 2.24) is 31.9 Å². The maximum Gasteiger partial charge on any atom is 0.326 e. The zero-order valence-electron chi connectivity index (χ0n) is 29.9. The second-order valence-corrected chi connectivity index (χ2v) is 13.2. The molecule has 0 aliphatic carbocycles. The summed E-state index contributed by atoms with van der Waals surface area (Å²) in [6.07, 6.45) is 1.06. The number of nitrogens with zero attached hydrogens (tertiary/aromatic N) is 1. The van der Waals surface area contributed by atoms with Crippen LogP contribution in [0.3, 0.4) is 0 Å². The Labute approximate surface area is 302 Å². The summed E-state index contributed by atoms with van der Waals surface area (Å²) < 4.78 is 0. The van der Waals surface area contributed by atoms with Gasteiger partial charge in [-0.1, -0.05) is 44.2 Å². The average Bonchev–Trinajstić information content (AvgIpc) is 3.62. The van der Waals surface area contributed by atoms with Crippen LogP contribution < -0.4 is 43.4 Å². The van der Waals surface area contributed by atoms with Crippen LogP contribution in [0.4, 0.5) is 0 Å². The third kappa shape index (κ3) is 15.7. The third-order valence-corrected chi connectivity index (χ3v) is 8.22. The van der Waals surface area contributed by atoms with Crippen molar-refractivity contribution in [2.45, 2.75) is 108 Å². The molecule has 1 saturated heterocycles. The molecule has 1 heterocycles. The fraction of sp³-hybridized carbons (Fsp3) is 0.588. The maximum absolute atomic E-state index is 13.6. The molecule has 1 aliphatic rings. The standard InChI is InChI=1S/C34H53N9O9/c1-19(2)17-25(42-29(47)22-11-7-15-37-22)32(50)43-26(18-21-9-5-4-6-10-21)31(49)39-20(3)28(46)40-23(13-14-27(44)45)30(48)41-24(33(51)52)12-8-16-38-34(35)36/h4-6,9-10,19-20,22-26,37H,7-8,11-18H2,1-3H3,(H,39,49)(H,40,46)(H,41,48)(H,42,47)(H,43,50)(H,44,45)(H,51,52)(H4,35,36,38)/t20-,22-,23-,24-,25-,26-/m0/s1. The number of nitrogens with one attached hydrogen (secondary N) is 6. The monoisotopic (exact) mass is 731 g/mol. The van der Waals surface area contributed by atoms with Gasteiger partial charge in [0.25, 0.3) is 0 Å². The molecule has 18 heteroatoms. The minimum Gasteiger partial charge on any atom is -0.481 e. The Morgan fingerprint density at radius 2 is 1.42 bits per heavy atom. The van der Waals surface area contributed by atoms with E-state index in [0.29, 0.717) is 24.9 Å². The first-order valence-corrected chi connectivity index (χ1v) is 17.4. The minimum atomic E-state index is -1.46. The molecule has 18 nitrogen and oxygen atoms in total. The summed E-state index contributed by atoms with van der Waals surface area (Å²) in [5.74, 6) is -6.20. The molecule has 1 fully saturated rings. The minimum absolute atomic E-state index is 0.0273. The lowest BCUT2D eigenvalue weighted by Crippen LogP contribution is -2.59. The van der Waals surface area contributed by atoms with Crippen LogP contribution in [0.1, 0.15) is 71.3 Å². The molecule has 52 heavy (non-hydrogen) atoms. The zero-order valence-corrected chi connectivity index (χ0v) is 29.9. The molecule has 6 atom stereocenters. The number of nitrogens with two attached hydrogens (primary N) is 2. The molecule has 288 valence electrons. The van der Waals surface area contributed by atoms with E-state index in [0.717, 1.165) is 6.42 Å². The molecule has 0 bridgehead atoms. The van der Waals surface area contributed by atoms with E-state index in [1.807, 2.05) is 13.8 Å². The van der Waals surface area contributed by atoms with Gasteiger partial charge >= 0.3 is 11.9 Å². The molecule has 0 spiro atoms. The third-order valence-electron chi connectivity index (χ3n) is 8.22. The molecule has 2 rings (SSSR count). The number of benzene rings is 1. The lowest BCUT2D eigenvalue weighted by atomic mass is 10.0. The molecular weight excluding hydrogens is 678 g/mol. The lowest BCUT2D eigenvalue weighted by Gasteiger charge is -2.26. The predicted molar refractivity (Wildman–Crippen MR) is 190 cm³/mol. The quantitative estimate of drug-likeness (QED) is 0.0369. The molecule has 1 aliphatic heterocycles. The van der Waals surface area contributed by atoms with Crippen molar-refractivity contribution in [3.05, 3.63) is 35.9 Å². The Morgan fingerprint density at radius 1 is 0.808 bits per heavy atom. The number of hydrogen-bond donors (Lipinski definition) is 10. The summed E-state index contributed by atoms with van der Waals surface area (Å²) in [6, 6.07) is 2.18. The van der Waals surface area contributed by atoms with Crippen LogP contribution >= 0.6 is 0 Å². The van der Waals surface area contributed by atoms with Crippen molar-refractivity contribution in [2.75, 3.05) is 13.1 Å². The van der Waals surface area contributed by atoms with Crippen molar-refractivity contribution >= 4 is 47.4 Å². The summed E-state index contributed by atoms with van der Waals surface area (Å²) in [4.78, 5) is 93.4. The summed E-state index contributed by atoms with van der Waals surface area (Å²) in [7, 11) is 0. The van der Waals surface area contributed by atoms with Gasteiger partial charge in [-0.05, 0) is 63.5 Å². The molecule has 0 unspecified atom stereocenters. The van der Waals surface area contributed by atoms with Crippen molar-refractivity contribution in [2.24, 2.45) is 22.4 Å². The van der Waals surface area contributed by atoms with Crippen molar-refractivity contribution in [3.8, 4) is 0 Å². The highest BCUT2D eigenvalue weighted by atomic mass is 16.4. The Bertz CT molecular complexity index is 1410. The van der Waals surface area contributed by atoms with E-state index in [2.05, 4.69) is 36.9 Å². The van der Waals surface area contributed by atoms with E-state index in [4.69, 9.17) is 11.5 Å². The van der Waals surface area contributed by atoms with E-state index in [1.165, 1.54) is 6.92 Å². The van der Waals surface area contributed by atoms with Crippen LogP contribution in [-0.2, 0) is 40.0 Å². The van der Waals surface area contributed by atoms with Gasteiger partial charge in [-0.15, -0.1) is 0 Å².